The van der Waals surface area contributed by atoms with E-state index in [0.29, 0.717) is 6.61 Å². The first-order valence-electron chi connectivity index (χ1n) is 10.5. The minimum absolute atomic E-state index is 0.156. The molecule has 4 heteroatoms. The number of nitrogens with zero attached hydrogens (tertiary/aromatic N) is 1. The van der Waals surface area contributed by atoms with Gasteiger partial charge in [-0.3, -0.25) is 4.90 Å². The standard InChI is InChI=1S/C24H31NO3/c1-27-21-11-9-20(10-12-21)19-7-5-18(6-8-19)17-28-22-15-23(24(26)16-22)25-13-3-2-4-14-25/h5-12,22-24,26H,2-4,13-17H2,1H3/t22-,23-,24+/m1/s1. The highest BCUT2D eigenvalue weighted by atomic mass is 16.5. The van der Waals surface area contributed by atoms with Gasteiger partial charge >= 0.3 is 0 Å². The Morgan fingerprint density at radius 1 is 0.893 bits per heavy atom. The Morgan fingerprint density at radius 2 is 1.54 bits per heavy atom. The van der Waals surface area contributed by atoms with E-state index in [-0.39, 0.29) is 18.2 Å². The Balaban J connectivity index is 1.30. The number of ether oxygens (including phenoxy) is 2. The molecular formula is C24H31NO3. The first-order chi connectivity index (χ1) is 13.7. The SMILES string of the molecule is COc1ccc(-c2ccc(CO[C@@H]3C[C@@H](N4CCCCC4)[C@@H](O)C3)cc2)cc1. The molecule has 2 aromatic rings. The van der Waals surface area contributed by atoms with Crippen molar-refractivity contribution in [1.82, 2.24) is 4.90 Å². The summed E-state index contributed by atoms with van der Waals surface area (Å²) in [6.07, 6.45) is 5.45. The zero-order valence-electron chi connectivity index (χ0n) is 16.7. The van der Waals surface area contributed by atoms with Gasteiger partial charge in [0, 0.05) is 12.5 Å². The maximum atomic E-state index is 10.5. The number of likely N-dealkylation sites (tertiary alicyclic amines) is 1. The van der Waals surface area contributed by atoms with Gasteiger partial charge in [-0.1, -0.05) is 42.8 Å². The largest absolute Gasteiger partial charge is 0.497 e. The summed E-state index contributed by atoms with van der Waals surface area (Å²) in [6, 6.07) is 16.9. The summed E-state index contributed by atoms with van der Waals surface area (Å²) in [5.74, 6) is 0.871. The van der Waals surface area contributed by atoms with Crippen molar-refractivity contribution in [3.63, 3.8) is 0 Å². The number of rotatable bonds is 6. The fourth-order valence-electron chi connectivity index (χ4n) is 4.52. The van der Waals surface area contributed by atoms with Crippen LogP contribution in [0.5, 0.6) is 5.75 Å². The van der Waals surface area contributed by atoms with Crippen LogP contribution < -0.4 is 4.74 Å². The molecule has 0 bridgehead atoms. The van der Waals surface area contributed by atoms with E-state index in [1.807, 2.05) is 12.1 Å². The Bertz CT molecular complexity index is 737. The van der Waals surface area contributed by atoms with Gasteiger partial charge in [-0.05, 0) is 61.2 Å². The number of hydrogen-bond donors (Lipinski definition) is 1. The van der Waals surface area contributed by atoms with Crippen molar-refractivity contribution in [2.45, 2.75) is 57.0 Å². The van der Waals surface area contributed by atoms with Crippen LogP contribution in [-0.2, 0) is 11.3 Å². The molecule has 0 amide bonds. The highest BCUT2D eigenvalue weighted by molar-refractivity contribution is 5.64. The minimum atomic E-state index is -0.249. The molecule has 1 aliphatic carbocycles. The molecule has 0 radical (unpaired) electrons. The van der Waals surface area contributed by atoms with Crippen LogP contribution in [0.1, 0.15) is 37.7 Å². The topological polar surface area (TPSA) is 41.9 Å². The molecule has 1 N–H and O–H groups in total. The Morgan fingerprint density at radius 3 is 2.18 bits per heavy atom. The van der Waals surface area contributed by atoms with Crippen LogP contribution in [-0.4, -0.2) is 48.5 Å². The maximum Gasteiger partial charge on any atom is 0.118 e. The average molecular weight is 382 g/mol. The monoisotopic (exact) mass is 381 g/mol. The molecule has 3 atom stereocenters. The van der Waals surface area contributed by atoms with E-state index < -0.39 is 0 Å². The van der Waals surface area contributed by atoms with Gasteiger partial charge in [-0.25, -0.2) is 0 Å². The number of methoxy groups -OCH3 is 1. The molecule has 0 unspecified atom stereocenters. The van der Waals surface area contributed by atoms with Crippen LogP contribution in [0.25, 0.3) is 11.1 Å². The van der Waals surface area contributed by atoms with E-state index in [9.17, 15) is 5.11 Å². The van der Waals surface area contributed by atoms with Crippen molar-refractivity contribution < 1.29 is 14.6 Å². The molecule has 2 aromatic carbocycles. The molecule has 4 rings (SSSR count). The second kappa shape index (κ2) is 9.08. The van der Waals surface area contributed by atoms with E-state index in [1.54, 1.807) is 7.11 Å². The zero-order valence-corrected chi connectivity index (χ0v) is 16.7. The molecule has 2 aliphatic rings. The van der Waals surface area contributed by atoms with Crippen LogP contribution in [0.2, 0.25) is 0 Å². The summed E-state index contributed by atoms with van der Waals surface area (Å²) in [5, 5.41) is 10.5. The number of aliphatic hydroxyl groups excluding tert-OH is 1. The van der Waals surface area contributed by atoms with E-state index in [2.05, 4.69) is 41.3 Å². The van der Waals surface area contributed by atoms with Crippen molar-refractivity contribution in [1.29, 1.82) is 0 Å². The zero-order chi connectivity index (χ0) is 19.3. The smallest absolute Gasteiger partial charge is 0.118 e. The number of hydrogen-bond acceptors (Lipinski definition) is 4. The van der Waals surface area contributed by atoms with Crippen molar-refractivity contribution in [2.24, 2.45) is 0 Å². The van der Waals surface area contributed by atoms with Gasteiger partial charge in [-0.2, -0.15) is 0 Å². The normalized spacial score (nSPS) is 25.7. The summed E-state index contributed by atoms with van der Waals surface area (Å²) < 4.78 is 11.4. The molecule has 4 nitrogen and oxygen atoms in total. The van der Waals surface area contributed by atoms with Crippen molar-refractivity contribution in [2.75, 3.05) is 20.2 Å². The van der Waals surface area contributed by atoms with Gasteiger partial charge in [-0.15, -0.1) is 0 Å². The Hall–Kier alpha value is -1.88. The van der Waals surface area contributed by atoms with Crippen LogP contribution in [0.4, 0.5) is 0 Å². The summed E-state index contributed by atoms with van der Waals surface area (Å²) >= 11 is 0. The predicted molar refractivity (Wildman–Crippen MR) is 111 cm³/mol. The highest BCUT2D eigenvalue weighted by Gasteiger charge is 2.37. The molecule has 1 saturated heterocycles. The molecule has 28 heavy (non-hydrogen) atoms. The molecule has 1 aliphatic heterocycles. The first kappa shape index (κ1) is 19.4. The molecule has 1 saturated carbocycles. The summed E-state index contributed by atoms with van der Waals surface area (Å²) in [5.41, 5.74) is 3.54. The van der Waals surface area contributed by atoms with Crippen LogP contribution in [0.3, 0.4) is 0 Å². The van der Waals surface area contributed by atoms with Gasteiger partial charge in [0.2, 0.25) is 0 Å². The minimum Gasteiger partial charge on any atom is -0.497 e. The van der Waals surface area contributed by atoms with E-state index in [0.717, 1.165) is 31.7 Å². The lowest BCUT2D eigenvalue weighted by atomic mass is 10.0. The van der Waals surface area contributed by atoms with Crippen LogP contribution >= 0.6 is 0 Å². The summed E-state index contributed by atoms with van der Waals surface area (Å²) in [4.78, 5) is 2.47. The lowest BCUT2D eigenvalue weighted by molar-refractivity contribution is 0.0356. The van der Waals surface area contributed by atoms with Crippen LogP contribution in [0, 0.1) is 0 Å². The van der Waals surface area contributed by atoms with Gasteiger partial charge < -0.3 is 14.6 Å². The second-order valence-electron chi connectivity index (χ2n) is 8.06. The van der Waals surface area contributed by atoms with E-state index >= 15 is 0 Å². The van der Waals surface area contributed by atoms with Crippen molar-refractivity contribution in [3.8, 4) is 16.9 Å². The lowest BCUT2D eigenvalue weighted by Gasteiger charge is -2.33. The maximum absolute atomic E-state index is 10.5. The summed E-state index contributed by atoms with van der Waals surface area (Å²) in [7, 11) is 1.68. The molecule has 0 spiro atoms. The summed E-state index contributed by atoms with van der Waals surface area (Å²) in [6.45, 7) is 2.86. The molecule has 0 aromatic heterocycles. The molecular weight excluding hydrogens is 350 g/mol. The van der Waals surface area contributed by atoms with Crippen molar-refractivity contribution in [3.05, 3.63) is 54.1 Å². The molecule has 2 fully saturated rings. The third kappa shape index (κ3) is 4.57. The van der Waals surface area contributed by atoms with Crippen molar-refractivity contribution >= 4 is 0 Å². The molecule has 150 valence electrons. The highest BCUT2D eigenvalue weighted by Crippen LogP contribution is 2.30. The second-order valence-corrected chi connectivity index (χ2v) is 8.06. The number of aliphatic hydroxyl groups is 1. The Labute approximate surface area is 168 Å². The predicted octanol–water partition coefficient (Wildman–Crippen LogP) is 4.26. The third-order valence-corrected chi connectivity index (χ3v) is 6.18. The number of piperidine rings is 1. The van der Waals surface area contributed by atoms with E-state index in [1.165, 1.54) is 36.0 Å². The van der Waals surface area contributed by atoms with Gasteiger partial charge in [0.15, 0.2) is 0 Å². The van der Waals surface area contributed by atoms with Gasteiger partial charge in [0.05, 0.1) is 25.9 Å². The quantitative estimate of drug-likeness (QED) is 0.812. The van der Waals surface area contributed by atoms with E-state index in [4.69, 9.17) is 9.47 Å². The number of benzene rings is 2. The van der Waals surface area contributed by atoms with Gasteiger partial charge in [0.1, 0.15) is 5.75 Å². The third-order valence-electron chi connectivity index (χ3n) is 6.18. The molecule has 1 heterocycles. The average Bonchev–Trinajstić information content (AvgIpc) is 3.14. The fourth-order valence-corrected chi connectivity index (χ4v) is 4.52. The Kier molecular flexibility index (Phi) is 6.30. The first-order valence-corrected chi connectivity index (χ1v) is 10.5. The van der Waals surface area contributed by atoms with Gasteiger partial charge in [0.25, 0.3) is 0 Å². The van der Waals surface area contributed by atoms with Crippen LogP contribution in [0.15, 0.2) is 48.5 Å². The lowest BCUT2D eigenvalue weighted by Crippen LogP contribution is -2.43. The fraction of sp³-hybridized carbons (Fsp3) is 0.500.